The molecule has 5 nitrogen and oxygen atoms in total. The predicted octanol–water partition coefficient (Wildman–Crippen LogP) is 6.16. The molecule has 10 heteroatoms. The molecular weight excluding hydrogens is 483 g/mol. The number of benzene rings is 2. The number of nitrogens with zero attached hydrogens (tertiary/aromatic N) is 2. The number of para-hydroxylation sites is 1. The molecule has 0 aliphatic heterocycles. The van der Waals surface area contributed by atoms with Crippen molar-refractivity contribution < 1.29 is 22.4 Å². The Morgan fingerprint density at radius 2 is 1.97 bits per heavy atom. The van der Waals surface area contributed by atoms with E-state index in [9.17, 15) is 18.0 Å². The number of thiazole rings is 1. The van der Waals surface area contributed by atoms with Crippen molar-refractivity contribution in [3.8, 4) is 0 Å². The summed E-state index contributed by atoms with van der Waals surface area (Å²) in [6, 6.07) is 11.4. The van der Waals surface area contributed by atoms with Crippen molar-refractivity contribution in [1.82, 2.24) is 4.98 Å². The largest absolute Gasteiger partial charge is 0.438 e. The number of halogens is 4. The summed E-state index contributed by atoms with van der Waals surface area (Å²) in [6.45, 7) is 0. The van der Waals surface area contributed by atoms with Gasteiger partial charge in [-0.3, -0.25) is 10.1 Å². The van der Waals surface area contributed by atoms with Crippen molar-refractivity contribution in [3.63, 3.8) is 0 Å². The Kier molecular flexibility index (Phi) is 5.44. The molecule has 0 spiro atoms. The standard InChI is InChI=1S/C20H11BrF3N3O2S/c21-12-5-6-16-11(9-12)10-13(17(28)27-19-25-7-8-30-19)18(29-16)26-15-4-2-1-3-14(15)20(22,23)24/h1-10H,(H,25,27,28). The molecule has 1 amide bonds. The third-order valence-corrected chi connectivity index (χ3v) is 5.22. The van der Waals surface area contributed by atoms with Crippen LogP contribution in [0.3, 0.4) is 0 Å². The first-order valence-corrected chi connectivity index (χ1v) is 10.1. The predicted molar refractivity (Wildman–Crippen MR) is 111 cm³/mol. The zero-order chi connectivity index (χ0) is 21.3. The molecule has 0 aliphatic rings. The summed E-state index contributed by atoms with van der Waals surface area (Å²) < 4.78 is 46.6. The van der Waals surface area contributed by atoms with E-state index in [-0.39, 0.29) is 16.8 Å². The zero-order valence-electron chi connectivity index (χ0n) is 14.9. The summed E-state index contributed by atoms with van der Waals surface area (Å²) in [7, 11) is 0. The molecule has 152 valence electrons. The maximum absolute atomic E-state index is 13.4. The lowest BCUT2D eigenvalue weighted by Gasteiger charge is -2.10. The topological polar surface area (TPSA) is 67.5 Å². The van der Waals surface area contributed by atoms with Crippen LogP contribution in [0.4, 0.5) is 24.0 Å². The lowest BCUT2D eigenvalue weighted by atomic mass is 10.1. The van der Waals surface area contributed by atoms with Crippen molar-refractivity contribution >= 4 is 55.0 Å². The summed E-state index contributed by atoms with van der Waals surface area (Å²) in [5.74, 6) is -0.598. The average molecular weight is 494 g/mol. The van der Waals surface area contributed by atoms with Gasteiger partial charge in [-0.25, -0.2) is 9.98 Å². The van der Waals surface area contributed by atoms with Crippen LogP contribution in [0.2, 0.25) is 0 Å². The van der Waals surface area contributed by atoms with E-state index in [2.05, 4.69) is 31.2 Å². The third-order valence-electron chi connectivity index (χ3n) is 4.04. The fraction of sp³-hybridized carbons (Fsp3) is 0.0500. The lowest BCUT2D eigenvalue weighted by molar-refractivity contribution is -0.137. The number of amides is 1. The zero-order valence-corrected chi connectivity index (χ0v) is 17.3. The van der Waals surface area contributed by atoms with E-state index in [0.29, 0.717) is 16.1 Å². The van der Waals surface area contributed by atoms with Crippen LogP contribution in [-0.4, -0.2) is 10.9 Å². The van der Waals surface area contributed by atoms with Gasteiger partial charge in [0.25, 0.3) is 5.91 Å². The second-order valence-corrected chi connectivity index (χ2v) is 7.88. The Balaban J connectivity index is 1.93. The maximum atomic E-state index is 13.4. The summed E-state index contributed by atoms with van der Waals surface area (Å²) in [4.78, 5) is 20.9. The summed E-state index contributed by atoms with van der Waals surface area (Å²) in [6.07, 6.45) is -3.09. The number of hydrogen-bond acceptors (Lipinski definition) is 5. The van der Waals surface area contributed by atoms with E-state index >= 15 is 0 Å². The molecule has 0 saturated carbocycles. The van der Waals surface area contributed by atoms with E-state index < -0.39 is 17.6 Å². The van der Waals surface area contributed by atoms with Gasteiger partial charge in [-0.15, -0.1) is 11.3 Å². The first-order valence-electron chi connectivity index (χ1n) is 8.46. The van der Waals surface area contributed by atoms with Gasteiger partial charge in [-0.1, -0.05) is 28.1 Å². The highest BCUT2D eigenvalue weighted by Crippen LogP contribution is 2.35. The fourth-order valence-electron chi connectivity index (χ4n) is 2.72. The number of carbonyl (C=O) groups is 1. The minimum atomic E-state index is -4.61. The summed E-state index contributed by atoms with van der Waals surface area (Å²) in [5.41, 5.74) is -1.17. The van der Waals surface area contributed by atoms with Crippen LogP contribution in [-0.2, 0) is 6.18 Å². The number of fused-ring (bicyclic) bond motifs is 1. The number of aromatic nitrogens is 1. The van der Waals surface area contributed by atoms with Crippen LogP contribution in [0.5, 0.6) is 0 Å². The van der Waals surface area contributed by atoms with Crippen molar-refractivity contribution in [2.75, 3.05) is 5.32 Å². The molecule has 1 N–H and O–H groups in total. The van der Waals surface area contributed by atoms with Crippen LogP contribution < -0.4 is 10.9 Å². The van der Waals surface area contributed by atoms with Crippen molar-refractivity contribution in [3.05, 3.63) is 81.3 Å². The Hall–Kier alpha value is -2.98. The Labute approximate surface area is 180 Å². The molecule has 4 rings (SSSR count). The Bertz CT molecular complexity index is 1300. The van der Waals surface area contributed by atoms with Crippen LogP contribution >= 0.6 is 27.3 Å². The maximum Gasteiger partial charge on any atom is 0.418 e. The number of alkyl halides is 3. The Morgan fingerprint density at radius 1 is 1.17 bits per heavy atom. The highest BCUT2D eigenvalue weighted by atomic mass is 79.9. The number of rotatable bonds is 3. The molecule has 4 aromatic rings. The Morgan fingerprint density at radius 3 is 2.70 bits per heavy atom. The van der Waals surface area contributed by atoms with Crippen LogP contribution in [0.1, 0.15) is 15.9 Å². The van der Waals surface area contributed by atoms with E-state index in [1.165, 1.54) is 41.8 Å². The van der Waals surface area contributed by atoms with Gasteiger partial charge in [0.2, 0.25) is 5.55 Å². The number of hydrogen-bond donors (Lipinski definition) is 1. The van der Waals surface area contributed by atoms with Crippen LogP contribution in [0.15, 0.2) is 74.0 Å². The minimum Gasteiger partial charge on any atom is -0.438 e. The van der Waals surface area contributed by atoms with Gasteiger partial charge in [0.05, 0.1) is 11.3 Å². The van der Waals surface area contributed by atoms with E-state index in [1.54, 1.807) is 23.6 Å². The van der Waals surface area contributed by atoms with E-state index in [4.69, 9.17) is 4.42 Å². The molecule has 30 heavy (non-hydrogen) atoms. The molecule has 0 atom stereocenters. The second-order valence-electron chi connectivity index (χ2n) is 6.07. The molecule has 2 aromatic carbocycles. The molecule has 2 heterocycles. The second kappa shape index (κ2) is 8.04. The van der Waals surface area contributed by atoms with Gasteiger partial charge in [0, 0.05) is 21.4 Å². The summed E-state index contributed by atoms with van der Waals surface area (Å²) >= 11 is 4.55. The third kappa shape index (κ3) is 4.29. The van der Waals surface area contributed by atoms with Gasteiger partial charge in [0.15, 0.2) is 5.13 Å². The molecule has 2 aromatic heterocycles. The van der Waals surface area contributed by atoms with Gasteiger partial charge >= 0.3 is 6.18 Å². The number of nitrogens with one attached hydrogen (secondary N) is 1. The normalized spacial score (nSPS) is 12.3. The number of anilines is 1. The van der Waals surface area contributed by atoms with Crippen molar-refractivity contribution in [1.29, 1.82) is 0 Å². The monoisotopic (exact) mass is 493 g/mol. The first-order chi connectivity index (χ1) is 14.3. The fourth-order valence-corrected chi connectivity index (χ4v) is 3.62. The lowest BCUT2D eigenvalue weighted by Crippen LogP contribution is -2.21. The molecule has 0 fully saturated rings. The van der Waals surface area contributed by atoms with Crippen LogP contribution in [0, 0.1) is 0 Å². The van der Waals surface area contributed by atoms with Gasteiger partial charge in [0.1, 0.15) is 11.1 Å². The first kappa shape index (κ1) is 20.3. The molecular formula is C20H11BrF3N3O2S. The van der Waals surface area contributed by atoms with Crippen LogP contribution in [0.25, 0.3) is 11.0 Å². The van der Waals surface area contributed by atoms with E-state index in [1.807, 2.05) is 0 Å². The number of carbonyl (C=O) groups excluding carboxylic acids is 1. The smallest absolute Gasteiger partial charge is 0.418 e. The average Bonchev–Trinajstić information content (AvgIpc) is 3.20. The SMILES string of the molecule is O=C(Nc1nccs1)c1cc2cc(Br)ccc2oc1=Nc1ccccc1C(F)(F)F. The van der Waals surface area contributed by atoms with Crippen molar-refractivity contribution in [2.24, 2.45) is 4.99 Å². The highest BCUT2D eigenvalue weighted by molar-refractivity contribution is 9.10. The molecule has 0 saturated heterocycles. The molecule has 0 aliphatic carbocycles. The van der Waals surface area contributed by atoms with E-state index in [0.717, 1.165) is 10.5 Å². The quantitative estimate of drug-likeness (QED) is 0.371. The highest BCUT2D eigenvalue weighted by Gasteiger charge is 2.33. The molecule has 0 radical (unpaired) electrons. The van der Waals surface area contributed by atoms with Gasteiger partial charge in [-0.05, 0) is 36.4 Å². The minimum absolute atomic E-state index is 0.0206. The summed E-state index contributed by atoms with van der Waals surface area (Å²) in [5, 5.41) is 5.21. The van der Waals surface area contributed by atoms with Gasteiger partial charge < -0.3 is 4.42 Å². The van der Waals surface area contributed by atoms with Gasteiger partial charge in [-0.2, -0.15) is 13.2 Å². The molecule has 0 unspecified atom stereocenters. The van der Waals surface area contributed by atoms with Crippen molar-refractivity contribution in [2.45, 2.75) is 6.18 Å². The molecule has 0 bridgehead atoms.